The summed E-state index contributed by atoms with van der Waals surface area (Å²) in [7, 11) is 0. The van der Waals surface area contributed by atoms with Gasteiger partial charge in [-0.15, -0.1) is 0 Å². The molecule has 0 unspecified atom stereocenters. The van der Waals surface area contributed by atoms with E-state index >= 15 is 0 Å². The Morgan fingerprint density at radius 3 is 2.19 bits per heavy atom. The number of carbonyl (C=O) groups is 3. The van der Waals surface area contributed by atoms with E-state index in [0.29, 0.717) is 37.2 Å². The molecular weight excluding hydrogens is 342 g/mol. The number of anilines is 1. The second kappa shape index (κ2) is 9.53. The van der Waals surface area contributed by atoms with E-state index in [1.54, 1.807) is 29.2 Å². The van der Waals surface area contributed by atoms with Gasteiger partial charge < -0.3 is 15.5 Å². The van der Waals surface area contributed by atoms with Gasteiger partial charge in [0.1, 0.15) is 0 Å². The molecule has 1 heterocycles. The molecule has 1 aliphatic heterocycles. The molecule has 0 saturated carbocycles. The van der Waals surface area contributed by atoms with E-state index in [2.05, 4.69) is 10.6 Å². The summed E-state index contributed by atoms with van der Waals surface area (Å²) < 4.78 is 0. The summed E-state index contributed by atoms with van der Waals surface area (Å²) >= 11 is 0. The summed E-state index contributed by atoms with van der Waals surface area (Å²) in [6, 6.07) is 7.16. The summed E-state index contributed by atoms with van der Waals surface area (Å²) in [6.07, 6.45) is 2.30. The molecule has 6 heteroatoms. The smallest absolute Gasteiger partial charge is 0.253 e. The molecule has 1 aliphatic rings. The molecule has 1 aromatic rings. The Bertz CT molecular complexity index is 662. The average Bonchev–Trinajstić information content (AvgIpc) is 2.67. The summed E-state index contributed by atoms with van der Waals surface area (Å²) in [6.45, 7) is 8.89. The number of hydrogen-bond donors (Lipinski definition) is 2. The van der Waals surface area contributed by atoms with Crippen molar-refractivity contribution in [3.63, 3.8) is 0 Å². The fourth-order valence-corrected chi connectivity index (χ4v) is 2.97. The van der Waals surface area contributed by atoms with Gasteiger partial charge in [-0.3, -0.25) is 14.4 Å². The van der Waals surface area contributed by atoms with Gasteiger partial charge in [0.15, 0.2) is 0 Å². The Balaban J connectivity index is 1.88. The Hall–Kier alpha value is -2.37. The lowest BCUT2D eigenvalue weighted by atomic mass is 9.95. The van der Waals surface area contributed by atoms with Crippen molar-refractivity contribution in [2.45, 2.75) is 53.0 Å². The van der Waals surface area contributed by atoms with Crippen molar-refractivity contribution >= 4 is 23.4 Å². The van der Waals surface area contributed by atoms with Crippen molar-refractivity contribution < 1.29 is 14.4 Å². The minimum atomic E-state index is -0.0925. The molecule has 0 aliphatic carbocycles. The van der Waals surface area contributed by atoms with Crippen LogP contribution in [0.2, 0.25) is 0 Å². The largest absolute Gasteiger partial charge is 0.353 e. The third-order valence-electron chi connectivity index (χ3n) is 5.08. The molecule has 6 nitrogen and oxygen atoms in total. The summed E-state index contributed by atoms with van der Waals surface area (Å²) in [5.74, 6) is -0.0900. The zero-order valence-electron chi connectivity index (χ0n) is 16.7. The number of carbonyl (C=O) groups excluding carboxylic acids is 3. The predicted molar refractivity (Wildman–Crippen MR) is 106 cm³/mol. The summed E-state index contributed by atoms with van der Waals surface area (Å²) in [5, 5.41) is 5.85. The van der Waals surface area contributed by atoms with E-state index in [9.17, 15) is 14.4 Å². The van der Waals surface area contributed by atoms with Crippen LogP contribution >= 0.6 is 0 Å². The highest BCUT2D eigenvalue weighted by molar-refractivity contribution is 5.96. The monoisotopic (exact) mass is 373 g/mol. The van der Waals surface area contributed by atoms with Gasteiger partial charge >= 0.3 is 0 Å². The van der Waals surface area contributed by atoms with E-state index in [0.717, 1.165) is 6.42 Å². The standard InChI is InChI=1S/C21H31N3O3/c1-5-15(4)22-20(26)16-10-12-24(13-11-16)21(27)17-6-8-18(9-7-17)23-19(25)14(2)3/h6-9,14-16H,5,10-13H2,1-4H3,(H,22,26)(H,23,25)/t15-/m0/s1. The Morgan fingerprint density at radius 2 is 1.67 bits per heavy atom. The fraction of sp³-hybridized carbons (Fsp3) is 0.571. The maximum Gasteiger partial charge on any atom is 0.253 e. The molecular formula is C21H31N3O3. The number of nitrogens with one attached hydrogen (secondary N) is 2. The van der Waals surface area contributed by atoms with Crippen LogP contribution in [0, 0.1) is 11.8 Å². The fourth-order valence-electron chi connectivity index (χ4n) is 2.97. The zero-order valence-corrected chi connectivity index (χ0v) is 16.7. The maximum absolute atomic E-state index is 12.7. The van der Waals surface area contributed by atoms with Gasteiger partial charge in [0.25, 0.3) is 5.91 Å². The second-order valence-corrected chi connectivity index (χ2v) is 7.61. The first-order chi connectivity index (χ1) is 12.8. The van der Waals surface area contributed by atoms with Gasteiger partial charge in [-0.2, -0.15) is 0 Å². The van der Waals surface area contributed by atoms with E-state index < -0.39 is 0 Å². The third-order valence-corrected chi connectivity index (χ3v) is 5.08. The minimum absolute atomic E-state index is 0.0170. The van der Waals surface area contributed by atoms with Crippen molar-refractivity contribution in [3.8, 4) is 0 Å². The van der Waals surface area contributed by atoms with E-state index in [1.807, 2.05) is 27.7 Å². The van der Waals surface area contributed by atoms with Crippen LogP contribution in [0.1, 0.15) is 57.3 Å². The molecule has 1 fully saturated rings. The normalized spacial score (nSPS) is 16.1. The highest BCUT2D eigenvalue weighted by atomic mass is 16.2. The number of amides is 3. The number of hydrogen-bond acceptors (Lipinski definition) is 3. The lowest BCUT2D eigenvalue weighted by Crippen LogP contribution is -2.44. The molecule has 2 N–H and O–H groups in total. The van der Waals surface area contributed by atoms with Gasteiger partial charge in [0.2, 0.25) is 11.8 Å². The third kappa shape index (κ3) is 5.81. The molecule has 0 aromatic heterocycles. The van der Waals surface area contributed by atoms with Crippen LogP contribution in [-0.2, 0) is 9.59 Å². The molecule has 0 radical (unpaired) electrons. The first-order valence-corrected chi connectivity index (χ1v) is 9.82. The van der Waals surface area contributed by atoms with Gasteiger partial charge in [0.05, 0.1) is 0 Å². The first-order valence-electron chi connectivity index (χ1n) is 9.82. The van der Waals surface area contributed by atoms with Gasteiger partial charge in [0, 0.05) is 42.2 Å². The Labute approximate surface area is 161 Å². The SMILES string of the molecule is CC[C@H](C)NC(=O)C1CCN(C(=O)c2ccc(NC(=O)C(C)C)cc2)CC1. The van der Waals surface area contributed by atoms with Crippen LogP contribution in [0.4, 0.5) is 5.69 Å². The number of rotatable bonds is 6. The maximum atomic E-state index is 12.7. The minimum Gasteiger partial charge on any atom is -0.353 e. The number of nitrogens with zero attached hydrogens (tertiary/aromatic N) is 1. The van der Waals surface area contributed by atoms with Crippen molar-refractivity contribution in [2.24, 2.45) is 11.8 Å². The highest BCUT2D eigenvalue weighted by Gasteiger charge is 2.28. The van der Waals surface area contributed by atoms with Crippen LogP contribution in [0.25, 0.3) is 0 Å². The predicted octanol–water partition coefficient (Wildman–Crippen LogP) is 3.05. The molecule has 0 spiro atoms. The molecule has 1 atom stereocenters. The highest BCUT2D eigenvalue weighted by Crippen LogP contribution is 2.20. The lowest BCUT2D eigenvalue weighted by molar-refractivity contribution is -0.127. The lowest BCUT2D eigenvalue weighted by Gasteiger charge is -2.32. The van der Waals surface area contributed by atoms with Crippen molar-refractivity contribution in [1.29, 1.82) is 0 Å². The van der Waals surface area contributed by atoms with Crippen LogP contribution in [0.15, 0.2) is 24.3 Å². The zero-order chi connectivity index (χ0) is 20.0. The number of benzene rings is 1. The van der Waals surface area contributed by atoms with Gasteiger partial charge in [-0.25, -0.2) is 0 Å². The van der Waals surface area contributed by atoms with Crippen molar-refractivity contribution in [1.82, 2.24) is 10.2 Å². The molecule has 2 rings (SSSR count). The molecule has 1 aromatic carbocycles. The molecule has 3 amide bonds. The number of likely N-dealkylation sites (tertiary alicyclic amines) is 1. The van der Waals surface area contributed by atoms with Crippen LogP contribution in [0.5, 0.6) is 0 Å². The van der Waals surface area contributed by atoms with E-state index in [-0.39, 0.29) is 35.6 Å². The van der Waals surface area contributed by atoms with E-state index in [4.69, 9.17) is 0 Å². The molecule has 1 saturated heterocycles. The topological polar surface area (TPSA) is 78.5 Å². The summed E-state index contributed by atoms with van der Waals surface area (Å²) in [4.78, 5) is 38.4. The van der Waals surface area contributed by atoms with Crippen LogP contribution in [0.3, 0.4) is 0 Å². The second-order valence-electron chi connectivity index (χ2n) is 7.61. The number of piperidine rings is 1. The van der Waals surface area contributed by atoms with Crippen molar-refractivity contribution in [3.05, 3.63) is 29.8 Å². The molecule has 27 heavy (non-hydrogen) atoms. The van der Waals surface area contributed by atoms with Crippen molar-refractivity contribution in [2.75, 3.05) is 18.4 Å². The van der Waals surface area contributed by atoms with Gasteiger partial charge in [-0.1, -0.05) is 20.8 Å². The van der Waals surface area contributed by atoms with Crippen LogP contribution in [-0.4, -0.2) is 41.8 Å². The Morgan fingerprint density at radius 1 is 1.07 bits per heavy atom. The Kier molecular flexibility index (Phi) is 7.39. The quantitative estimate of drug-likeness (QED) is 0.804. The molecule has 0 bridgehead atoms. The average molecular weight is 373 g/mol. The van der Waals surface area contributed by atoms with Gasteiger partial charge in [-0.05, 0) is 50.5 Å². The summed E-state index contributed by atoms with van der Waals surface area (Å²) in [5.41, 5.74) is 1.28. The van der Waals surface area contributed by atoms with Crippen LogP contribution < -0.4 is 10.6 Å². The first kappa shape index (κ1) is 20.9. The molecule has 148 valence electrons. The van der Waals surface area contributed by atoms with E-state index in [1.165, 1.54) is 0 Å².